The number of hydrogen-bond donors (Lipinski definition) is 1. The van der Waals surface area contributed by atoms with E-state index in [1.54, 1.807) is 6.08 Å². The third kappa shape index (κ3) is 2.43. The van der Waals surface area contributed by atoms with Crippen LogP contribution in [0.2, 0.25) is 0 Å². The predicted octanol–water partition coefficient (Wildman–Crippen LogP) is 3.33. The van der Waals surface area contributed by atoms with Gasteiger partial charge in [-0.25, -0.2) is 4.98 Å². The Labute approximate surface area is 136 Å². The molecule has 0 radical (unpaired) electrons. The van der Waals surface area contributed by atoms with Crippen LogP contribution >= 0.6 is 11.8 Å². The van der Waals surface area contributed by atoms with Crippen LogP contribution in [0.4, 0.5) is 4.79 Å². The lowest BCUT2D eigenvalue weighted by atomic mass is 10.1. The van der Waals surface area contributed by atoms with E-state index in [-0.39, 0.29) is 11.1 Å². The van der Waals surface area contributed by atoms with Gasteiger partial charge in [0.05, 0.1) is 16.3 Å². The molecule has 1 aliphatic rings. The Morgan fingerprint density at radius 3 is 2.57 bits per heavy atom. The largest absolute Gasteiger partial charge is 0.300 e. The molecule has 1 fully saturated rings. The third-order valence-corrected chi connectivity index (χ3v) is 4.33. The van der Waals surface area contributed by atoms with Gasteiger partial charge in [0.25, 0.3) is 11.1 Å². The molecule has 0 unspecified atom stereocenters. The number of rotatable bonds is 2. The van der Waals surface area contributed by atoms with Crippen molar-refractivity contribution in [3.05, 3.63) is 65.3 Å². The van der Waals surface area contributed by atoms with Crippen molar-refractivity contribution in [2.75, 3.05) is 0 Å². The molecule has 0 saturated carbocycles. The van der Waals surface area contributed by atoms with Gasteiger partial charge in [0.15, 0.2) is 0 Å². The van der Waals surface area contributed by atoms with E-state index in [9.17, 15) is 9.59 Å². The van der Waals surface area contributed by atoms with Crippen molar-refractivity contribution in [1.29, 1.82) is 0 Å². The molecule has 1 N–H and O–H groups in total. The molecule has 0 bridgehead atoms. The standard InChI is InChI=1S/C17H11N3O2S/c21-16-13(23-17(22)19-16)10-12-15(11-6-2-1-3-7-11)18-14-8-4-5-9-20(12)14/h1-10H,(H,19,21,22)/b13-10-. The number of imidazole rings is 1. The summed E-state index contributed by atoms with van der Waals surface area (Å²) >= 11 is 0.905. The molecular formula is C17H11N3O2S. The van der Waals surface area contributed by atoms with Gasteiger partial charge < -0.3 is 0 Å². The molecule has 1 aliphatic heterocycles. The second kappa shape index (κ2) is 5.40. The number of nitrogens with zero attached hydrogens (tertiary/aromatic N) is 2. The molecule has 0 aliphatic carbocycles. The number of carbonyl (C=O) groups excluding carboxylic acids is 2. The Balaban J connectivity index is 1.95. The highest BCUT2D eigenvalue weighted by atomic mass is 32.2. The van der Waals surface area contributed by atoms with Crippen LogP contribution in [0.3, 0.4) is 0 Å². The van der Waals surface area contributed by atoms with Crippen LogP contribution in [0.15, 0.2) is 59.6 Å². The van der Waals surface area contributed by atoms with Gasteiger partial charge in [0, 0.05) is 11.8 Å². The lowest BCUT2D eigenvalue weighted by Gasteiger charge is -2.01. The number of aromatic nitrogens is 2. The van der Waals surface area contributed by atoms with Gasteiger partial charge in [-0.3, -0.25) is 19.3 Å². The van der Waals surface area contributed by atoms with Crippen molar-refractivity contribution < 1.29 is 9.59 Å². The molecule has 2 aromatic heterocycles. The summed E-state index contributed by atoms with van der Waals surface area (Å²) in [5.41, 5.74) is 3.29. The average Bonchev–Trinajstić information content (AvgIpc) is 3.09. The summed E-state index contributed by atoms with van der Waals surface area (Å²) in [7, 11) is 0. The molecule has 6 heteroatoms. The number of pyridine rings is 1. The minimum atomic E-state index is -0.370. The number of fused-ring (bicyclic) bond motifs is 1. The summed E-state index contributed by atoms with van der Waals surface area (Å²) in [4.78, 5) is 28.3. The third-order valence-electron chi connectivity index (χ3n) is 3.52. The zero-order valence-electron chi connectivity index (χ0n) is 11.9. The number of thioether (sulfide) groups is 1. The number of hydrogen-bond acceptors (Lipinski definition) is 4. The van der Waals surface area contributed by atoms with Crippen molar-refractivity contribution in [3.8, 4) is 11.3 Å². The van der Waals surface area contributed by atoms with E-state index in [2.05, 4.69) is 10.3 Å². The fraction of sp³-hybridized carbons (Fsp3) is 0. The summed E-state index contributed by atoms with van der Waals surface area (Å²) < 4.78 is 1.91. The minimum Gasteiger partial charge on any atom is -0.300 e. The number of benzene rings is 1. The molecule has 0 spiro atoms. The van der Waals surface area contributed by atoms with E-state index in [0.29, 0.717) is 4.91 Å². The Morgan fingerprint density at radius 1 is 1.04 bits per heavy atom. The molecule has 3 aromatic rings. The smallest absolute Gasteiger partial charge is 0.290 e. The van der Waals surface area contributed by atoms with E-state index in [1.807, 2.05) is 59.1 Å². The van der Waals surface area contributed by atoms with E-state index < -0.39 is 0 Å². The van der Waals surface area contributed by atoms with Gasteiger partial charge in [-0.15, -0.1) is 0 Å². The quantitative estimate of drug-likeness (QED) is 0.735. The van der Waals surface area contributed by atoms with Crippen LogP contribution in [-0.2, 0) is 4.79 Å². The first-order valence-corrected chi connectivity index (χ1v) is 7.81. The van der Waals surface area contributed by atoms with Crippen LogP contribution in [0.5, 0.6) is 0 Å². The number of amides is 2. The van der Waals surface area contributed by atoms with E-state index in [0.717, 1.165) is 34.4 Å². The molecule has 1 saturated heterocycles. The molecule has 0 atom stereocenters. The summed E-state index contributed by atoms with van der Waals surface area (Å²) in [6, 6.07) is 15.5. The van der Waals surface area contributed by atoms with Gasteiger partial charge in [0.2, 0.25) is 0 Å². The highest BCUT2D eigenvalue weighted by Gasteiger charge is 2.26. The maximum Gasteiger partial charge on any atom is 0.290 e. The minimum absolute atomic E-state index is 0.351. The number of nitrogens with one attached hydrogen (secondary N) is 1. The predicted molar refractivity (Wildman–Crippen MR) is 89.7 cm³/mol. The van der Waals surface area contributed by atoms with Crippen LogP contribution in [0, 0.1) is 0 Å². The number of carbonyl (C=O) groups is 2. The molecule has 1 aromatic carbocycles. The zero-order chi connectivity index (χ0) is 15.8. The SMILES string of the molecule is O=C1NC(=O)/C(=C/c2c(-c3ccccc3)nc3ccccn23)S1. The number of imide groups is 1. The Bertz CT molecular complexity index is 960. The van der Waals surface area contributed by atoms with Crippen LogP contribution in [0.25, 0.3) is 23.0 Å². The van der Waals surface area contributed by atoms with Crippen LogP contribution < -0.4 is 5.32 Å². The zero-order valence-corrected chi connectivity index (χ0v) is 12.7. The molecule has 112 valence electrons. The summed E-state index contributed by atoms with van der Waals surface area (Å²) in [5, 5.41) is 1.92. The van der Waals surface area contributed by atoms with Gasteiger partial charge in [-0.1, -0.05) is 36.4 Å². The van der Waals surface area contributed by atoms with Crippen molar-refractivity contribution in [2.24, 2.45) is 0 Å². The lowest BCUT2D eigenvalue weighted by molar-refractivity contribution is -0.115. The van der Waals surface area contributed by atoms with Gasteiger partial charge >= 0.3 is 0 Å². The Kier molecular flexibility index (Phi) is 3.24. The van der Waals surface area contributed by atoms with Crippen LogP contribution in [0.1, 0.15) is 5.69 Å². The van der Waals surface area contributed by atoms with Crippen molar-refractivity contribution in [2.45, 2.75) is 0 Å². The second-order valence-corrected chi connectivity index (χ2v) is 6.01. The normalized spacial score (nSPS) is 16.3. The van der Waals surface area contributed by atoms with Crippen LogP contribution in [-0.4, -0.2) is 20.5 Å². The summed E-state index contributed by atoms with van der Waals surface area (Å²) in [5.74, 6) is -0.370. The van der Waals surface area contributed by atoms with Crippen molar-refractivity contribution in [3.63, 3.8) is 0 Å². The first-order valence-electron chi connectivity index (χ1n) is 7.00. The topological polar surface area (TPSA) is 63.5 Å². The fourth-order valence-electron chi connectivity index (χ4n) is 2.51. The first-order chi connectivity index (χ1) is 11.2. The first kappa shape index (κ1) is 13.8. The van der Waals surface area contributed by atoms with Gasteiger partial charge in [-0.2, -0.15) is 0 Å². The Morgan fingerprint density at radius 2 is 1.83 bits per heavy atom. The molecular weight excluding hydrogens is 310 g/mol. The van der Waals surface area contributed by atoms with E-state index in [1.165, 1.54) is 0 Å². The fourth-order valence-corrected chi connectivity index (χ4v) is 3.16. The van der Waals surface area contributed by atoms with Gasteiger partial charge in [0.1, 0.15) is 5.65 Å². The summed E-state index contributed by atoms with van der Waals surface area (Å²) in [6.07, 6.45) is 3.60. The highest BCUT2D eigenvalue weighted by molar-refractivity contribution is 8.18. The second-order valence-electron chi connectivity index (χ2n) is 4.99. The van der Waals surface area contributed by atoms with Gasteiger partial charge in [-0.05, 0) is 30.0 Å². The van der Waals surface area contributed by atoms with Crippen molar-refractivity contribution >= 4 is 34.6 Å². The highest BCUT2D eigenvalue weighted by Crippen LogP contribution is 2.30. The Hall–Kier alpha value is -2.86. The monoisotopic (exact) mass is 321 g/mol. The molecule has 2 amide bonds. The van der Waals surface area contributed by atoms with E-state index in [4.69, 9.17) is 0 Å². The summed E-state index contributed by atoms with van der Waals surface area (Å²) in [6.45, 7) is 0. The molecule has 4 rings (SSSR count). The molecule has 23 heavy (non-hydrogen) atoms. The lowest BCUT2D eigenvalue weighted by Crippen LogP contribution is -2.17. The maximum atomic E-state index is 11.8. The molecule has 3 heterocycles. The maximum absolute atomic E-state index is 11.8. The molecule has 5 nitrogen and oxygen atoms in total. The van der Waals surface area contributed by atoms with E-state index >= 15 is 0 Å². The van der Waals surface area contributed by atoms with Crippen molar-refractivity contribution in [1.82, 2.24) is 14.7 Å². The average molecular weight is 321 g/mol.